The predicted molar refractivity (Wildman–Crippen MR) is 70.8 cm³/mol. The van der Waals surface area contributed by atoms with Crippen LogP contribution >= 0.6 is 0 Å². The van der Waals surface area contributed by atoms with Gasteiger partial charge in [-0.15, -0.1) is 0 Å². The van der Waals surface area contributed by atoms with E-state index in [0.29, 0.717) is 25.2 Å². The normalized spacial score (nSPS) is 30.6. The Morgan fingerprint density at radius 3 is 2.56 bits per heavy atom. The molecule has 0 spiro atoms. The van der Waals surface area contributed by atoms with E-state index in [-0.39, 0.29) is 5.88 Å². The van der Waals surface area contributed by atoms with Crippen LogP contribution in [-0.2, 0) is 9.84 Å². The number of hydrogen-bond acceptors (Lipinski definition) is 5. The van der Waals surface area contributed by atoms with Crippen molar-refractivity contribution in [1.82, 2.24) is 10.2 Å². The Balaban J connectivity index is 1.72. The summed E-state index contributed by atoms with van der Waals surface area (Å²) in [5.74, 6) is -0.0648. The lowest BCUT2D eigenvalue weighted by molar-refractivity contribution is 0.0729. The van der Waals surface area contributed by atoms with E-state index in [1.165, 1.54) is 19.1 Å². The third-order valence-corrected chi connectivity index (χ3v) is 4.54. The van der Waals surface area contributed by atoms with Gasteiger partial charge >= 0.3 is 0 Å². The molecule has 0 aromatic carbocycles. The molecule has 1 radical (unpaired) electrons. The Hall–Kier alpha value is -0.170. The van der Waals surface area contributed by atoms with Gasteiger partial charge in [0.25, 0.3) is 0 Å². The number of hydrogen-bond donors (Lipinski definition) is 2. The third kappa shape index (κ3) is 3.91. The molecular weight excluding hydrogens is 252 g/mol. The fourth-order valence-electron chi connectivity index (χ4n) is 3.02. The molecule has 18 heavy (non-hydrogen) atoms. The SMILES string of the molecule is CS(=O)(=O)CNC[C@@H](O)CN1[C@@H]2C[CH]C[C@H]1CC2. The summed E-state index contributed by atoms with van der Waals surface area (Å²) in [7, 11) is -3.00. The minimum absolute atomic E-state index is 0.0648. The molecule has 0 aromatic heterocycles. The van der Waals surface area contributed by atoms with Gasteiger partial charge in [-0.25, -0.2) is 8.42 Å². The van der Waals surface area contributed by atoms with Crippen LogP contribution < -0.4 is 5.32 Å². The Kier molecular flexibility index (Phi) is 4.64. The van der Waals surface area contributed by atoms with Crippen molar-refractivity contribution < 1.29 is 13.5 Å². The number of nitrogens with one attached hydrogen (secondary N) is 1. The highest BCUT2D eigenvalue weighted by Gasteiger charge is 2.37. The summed E-state index contributed by atoms with van der Waals surface area (Å²) in [6, 6.07) is 1.18. The number of sulfone groups is 1. The smallest absolute Gasteiger partial charge is 0.160 e. The van der Waals surface area contributed by atoms with Crippen LogP contribution in [0.25, 0.3) is 0 Å². The molecule has 2 heterocycles. The number of aliphatic hydroxyl groups excluding tert-OH is 1. The zero-order valence-corrected chi connectivity index (χ0v) is 11.7. The molecule has 0 amide bonds. The molecule has 2 N–H and O–H groups in total. The monoisotopic (exact) mass is 275 g/mol. The van der Waals surface area contributed by atoms with Crippen molar-refractivity contribution in [3.63, 3.8) is 0 Å². The van der Waals surface area contributed by atoms with Crippen LogP contribution in [-0.4, -0.2) is 61.8 Å². The summed E-state index contributed by atoms with van der Waals surface area (Å²) in [4.78, 5) is 2.40. The maximum atomic E-state index is 11.0. The highest BCUT2D eigenvalue weighted by atomic mass is 32.2. The summed E-state index contributed by atoms with van der Waals surface area (Å²) in [5.41, 5.74) is 0. The van der Waals surface area contributed by atoms with Crippen LogP contribution in [0.5, 0.6) is 0 Å². The van der Waals surface area contributed by atoms with Gasteiger partial charge in [0.2, 0.25) is 0 Å². The first kappa shape index (κ1) is 14.2. The molecule has 2 fully saturated rings. The van der Waals surface area contributed by atoms with Gasteiger partial charge in [-0.1, -0.05) is 0 Å². The first-order valence-electron chi connectivity index (χ1n) is 6.59. The van der Waals surface area contributed by atoms with Crippen LogP contribution in [0.1, 0.15) is 25.7 Å². The van der Waals surface area contributed by atoms with Crippen LogP contribution in [0.3, 0.4) is 0 Å². The minimum Gasteiger partial charge on any atom is -0.390 e. The third-order valence-electron chi connectivity index (χ3n) is 3.81. The second-order valence-electron chi connectivity index (χ2n) is 5.52. The van der Waals surface area contributed by atoms with E-state index in [1.807, 2.05) is 0 Å². The highest BCUT2D eigenvalue weighted by Crippen LogP contribution is 2.34. The second-order valence-corrected chi connectivity index (χ2v) is 7.66. The molecule has 3 atom stereocenters. The topological polar surface area (TPSA) is 69.6 Å². The van der Waals surface area contributed by atoms with Gasteiger partial charge < -0.3 is 10.4 Å². The molecule has 0 unspecified atom stereocenters. The van der Waals surface area contributed by atoms with Gasteiger partial charge in [0.1, 0.15) is 0 Å². The maximum Gasteiger partial charge on any atom is 0.160 e. The van der Waals surface area contributed by atoms with Gasteiger partial charge in [0.15, 0.2) is 9.84 Å². The van der Waals surface area contributed by atoms with Crippen LogP contribution in [0, 0.1) is 6.42 Å². The van der Waals surface area contributed by atoms with Crippen LogP contribution in [0.4, 0.5) is 0 Å². The number of aliphatic hydroxyl groups is 1. The molecule has 2 bridgehead atoms. The molecule has 6 heteroatoms. The Morgan fingerprint density at radius 2 is 2.00 bits per heavy atom. The Labute approximate surface area is 109 Å². The molecule has 2 aliphatic rings. The summed E-state index contributed by atoms with van der Waals surface area (Å²) in [5, 5.41) is 12.7. The van der Waals surface area contributed by atoms with Crippen molar-refractivity contribution in [3.8, 4) is 0 Å². The van der Waals surface area contributed by atoms with E-state index in [4.69, 9.17) is 0 Å². The maximum absolute atomic E-state index is 11.0. The summed E-state index contributed by atoms with van der Waals surface area (Å²) < 4.78 is 21.9. The Morgan fingerprint density at radius 1 is 1.39 bits per heavy atom. The van der Waals surface area contributed by atoms with Crippen molar-refractivity contribution in [2.45, 2.75) is 43.9 Å². The number of nitrogens with zero attached hydrogens (tertiary/aromatic N) is 1. The van der Waals surface area contributed by atoms with Gasteiger partial charge in [0, 0.05) is 31.4 Å². The predicted octanol–water partition coefficient (Wildman–Crippen LogP) is -0.230. The van der Waals surface area contributed by atoms with E-state index in [2.05, 4.69) is 16.6 Å². The fraction of sp³-hybridized carbons (Fsp3) is 0.917. The van der Waals surface area contributed by atoms with Crippen LogP contribution in [0.15, 0.2) is 0 Å². The first-order valence-corrected chi connectivity index (χ1v) is 8.65. The highest BCUT2D eigenvalue weighted by molar-refractivity contribution is 7.90. The van der Waals surface area contributed by atoms with E-state index < -0.39 is 15.9 Å². The van der Waals surface area contributed by atoms with E-state index in [0.717, 1.165) is 12.8 Å². The van der Waals surface area contributed by atoms with E-state index >= 15 is 0 Å². The molecule has 0 saturated carbocycles. The molecule has 5 nitrogen and oxygen atoms in total. The van der Waals surface area contributed by atoms with Crippen molar-refractivity contribution in [2.75, 3.05) is 25.2 Å². The largest absolute Gasteiger partial charge is 0.390 e. The van der Waals surface area contributed by atoms with Crippen molar-refractivity contribution >= 4 is 9.84 Å². The molecule has 0 aromatic rings. The van der Waals surface area contributed by atoms with Crippen molar-refractivity contribution in [3.05, 3.63) is 6.42 Å². The first-order chi connectivity index (χ1) is 8.46. The molecule has 2 aliphatic heterocycles. The van der Waals surface area contributed by atoms with Gasteiger partial charge in [-0.3, -0.25) is 4.90 Å². The van der Waals surface area contributed by atoms with Gasteiger partial charge in [-0.2, -0.15) is 0 Å². The lowest BCUT2D eigenvalue weighted by Gasteiger charge is -2.35. The van der Waals surface area contributed by atoms with Crippen LogP contribution in [0.2, 0.25) is 0 Å². The number of fused-ring (bicyclic) bond motifs is 2. The van der Waals surface area contributed by atoms with Gasteiger partial charge in [0.05, 0.1) is 12.0 Å². The molecule has 105 valence electrons. The van der Waals surface area contributed by atoms with Crippen molar-refractivity contribution in [1.29, 1.82) is 0 Å². The number of piperidine rings is 1. The average Bonchev–Trinajstić information content (AvgIpc) is 2.49. The van der Waals surface area contributed by atoms with Gasteiger partial charge in [-0.05, 0) is 32.1 Å². The Bertz CT molecular complexity index is 356. The van der Waals surface area contributed by atoms with Crippen molar-refractivity contribution in [2.24, 2.45) is 0 Å². The molecule has 0 aliphatic carbocycles. The number of rotatable bonds is 6. The zero-order valence-electron chi connectivity index (χ0n) is 10.9. The summed E-state index contributed by atoms with van der Waals surface area (Å²) in [6.07, 6.45) is 7.75. The van der Waals surface area contributed by atoms with E-state index in [9.17, 15) is 13.5 Å². The standard InChI is InChI=1S/C12H23N2O3S/c1-18(16,17)9-13-7-12(15)8-14-10-3-2-4-11(14)6-5-10/h2,10-13,15H,3-9H2,1H3/t10-,11+,12-/m1/s1. The lowest BCUT2D eigenvalue weighted by atomic mass is 10.0. The lowest BCUT2D eigenvalue weighted by Crippen LogP contribution is -2.46. The average molecular weight is 275 g/mol. The summed E-state index contributed by atoms with van der Waals surface area (Å²) >= 11 is 0. The minimum atomic E-state index is -3.00. The van der Waals surface area contributed by atoms with E-state index in [1.54, 1.807) is 0 Å². The quantitative estimate of drug-likeness (QED) is 0.701. The fourth-order valence-corrected chi connectivity index (χ4v) is 3.51. The molecule has 2 rings (SSSR count). The molecule has 2 saturated heterocycles. The summed E-state index contributed by atoms with van der Waals surface area (Å²) in [6.45, 7) is 0.993. The second kappa shape index (κ2) is 5.86. The molecular formula is C12H23N2O3S. The zero-order chi connectivity index (χ0) is 13.2.